The van der Waals surface area contributed by atoms with Crippen molar-refractivity contribution in [1.29, 1.82) is 0 Å². The Bertz CT molecular complexity index is 440. The molecule has 0 aromatic heterocycles. The average molecular weight is 262 g/mol. The summed E-state index contributed by atoms with van der Waals surface area (Å²) in [7, 11) is 1.65. The Morgan fingerprint density at radius 3 is 2.89 bits per heavy atom. The summed E-state index contributed by atoms with van der Waals surface area (Å²) in [4.78, 5) is 12.4. The van der Waals surface area contributed by atoms with Crippen LogP contribution in [-0.4, -0.2) is 32.7 Å². The van der Waals surface area contributed by atoms with Gasteiger partial charge >= 0.3 is 0 Å². The van der Waals surface area contributed by atoms with Gasteiger partial charge in [-0.2, -0.15) is 0 Å². The third-order valence-electron chi connectivity index (χ3n) is 3.85. The highest BCUT2D eigenvalue weighted by molar-refractivity contribution is 5.83. The number of amides is 1. The summed E-state index contributed by atoms with van der Waals surface area (Å²) in [5.74, 6) is 0.0857. The molecule has 1 fully saturated rings. The van der Waals surface area contributed by atoms with E-state index in [1.165, 1.54) is 5.56 Å². The van der Waals surface area contributed by atoms with Gasteiger partial charge in [0.25, 0.3) is 0 Å². The first-order chi connectivity index (χ1) is 9.18. The van der Waals surface area contributed by atoms with E-state index in [4.69, 9.17) is 4.74 Å². The largest absolute Gasteiger partial charge is 0.384 e. The van der Waals surface area contributed by atoms with Gasteiger partial charge in [0.05, 0.1) is 12.0 Å². The first kappa shape index (κ1) is 14.0. The predicted molar refractivity (Wildman–Crippen MR) is 74.8 cm³/mol. The summed E-state index contributed by atoms with van der Waals surface area (Å²) in [5.41, 5.74) is 1.96. The molecule has 1 aromatic rings. The van der Waals surface area contributed by atoms with Crippen molar-refractivity contribution < 1.29 is 9.53 Å². The van der Waals surface area contributed by atoms with Crippen molar-refractivity contribution in [2.24, 2.45) is 5.41 Å². The summed E-state index contributed by atoms with van der Waals surface area (Å²) in [6.07, 6.45) is 0.834. The van der Waals surface area contributed by atoms with Gasteiger partial charge in [-0.25, -0.2) is 0 Å². The molecular weight excluding hydrogens is 240 g/mol. The van der Waals surface area contributed by atoms with Crippen LogP contribution in [0.25, 0.3) is 0 Å². The lowest BCUT2D eigenvalue weighted by Gasteiger charge is -2.26. The molecule has 4 nitrogen and oxygen atoms in total. The molecule has 0 radical (unpaired) electrons. The highest BCUT2D eigenvalue weighted by Crippen LogP contribution is 2.26. The van der Waals surface area contributed by atoms with Crippen molar-refractivity contribution in [2.75, 3.05) is 26.8 Å². The molecule has 104 valence electrons. The fourth-order valence-electron chi connectivity index (χ4n) is 2.57. The third kappa shape index (κ3) is 3.14. The summed E-state index contributed by atoms with van der Waals surface area (Å²) >= 11 is 0. The zero-order valence-electron chi connectivity index (χ0n) is 11.7. The van der Waals surface area contributed by atoms with E-state index >= 15 is 0 Å². The van der Waals surface area contributed by atoms with Gasteiger partial charge in [0.15, 0.2) is 0 Å². The molecule has 1 saturated heterocycles. The third-order valence-corrected chi connectivity index (χ3v) is 3.85. The van der Waals surface area contributed by atoms with Gasteiger partial charge in [0.2, 0.25) is 5.91 Å². The fourth-order valence-corrected chi connectivity index (χ4v) is 2.57. The number of carbonyl (C=O) groups is 1. The SMILES string of the molecule is COCC1(C(=O)NCc2ccccc2C)CCNC1. The van der Waals surface area contributed by atoms with Crippen molar-refractivity contribution in [2.45, 2.75) is 19.9 Å². The Balaban J connectivity index is 1.98. The zero-order chi connectivity index (χ0) is 13.7. The molecule has 0 saturated carbocycles. The summed E-state index contributed by atoms with van der Waals surface area (Å²) in [6, 6.07) is 8.11. The zero-order valence-corrected chi connectivity index (χ0v) is 11.7. The van der Waals surface area contributed by atoms with Crippen molar-refractivity contribution >= 4 is 5.91 Å². The molecule has 0 aliphatic carbocycles. The van der Waals surface area contributed by atoms with Crippen LogP contribution in [-0.2, 0) is 16.1 Å². The van der Waals surface area contributed by atoms with Crippen molar-refractivity contribution in [1.82, 2.24) is 10.6 Å². The molecule has 1 aliphatic heterocycles. The molecule has 4 heteroatoms. The number of hydrogen-bond donors (Lipinski definition) is 2. The lowest BCUT2D eigenvalue weighted by atomic mass is 9.87. The van der Waals surface area contributed by atoms with E-state index in [1.54, 1.807) is 7.11 Å². The second-order valence-corrected chi connectivity index (χ2v) is 5.25. The van der Waals surface area contributed by atoms with Crippen LogP contribution in [0.5, 0.6) is 0 Å². The second kappa shape index (κ2) is 6.17. The Morgan fingerprint density at radius 2 is 2.26 bits per heavy atom. The maximum absolute atomic E-state index is 12.4. The molecule has 0 spiro atoms. The molecule has 2 N–H and O–H groups in total. The minimum absolute atomic E-state index is 0.0857. The molecule has 1 unspecified atom stereocenters. The van der Waals surface area contributed by atoms with Gasteiger partial charge in [-0.05, 0) is 31.0 Å². The number of rotatable bonds is 5. The monoisotopic (exact) mass is 262 g/mol. The molecule has 2 rings (SSSR count). The maximum atomic E-state index is 12.4. The van der Waals surface area contributed by atoms with E-state index in [-0.39, 0.29) is 5.91 Å². The molecule has 0 bridgehead atoms. The number of methoxy groups -OCH3 is 1. The summed E-state index contributed by atoms with van der Waals surface area (Å²) in [6.45, 7) is 4.68. The lowest BCUT2D eigenvalue weighted by molar-refractivity contribution is -0.133. The quantitative estimate of drug-likeness (QED) is 0.839. The Kier molecular flexibility index (Phi) is 4.56. The van der Waals surface area contributed by atoms with Crippen LogP contribution in [0.1, 0.15) is 17.5 Å². The van der Waals surface area contributed by atoms with Gasteiger partial charge < -0.3 is 15.4 Å². The van der Waals surface area contributed by atoms with Crippen molar-refractivity contribution in [3.05, 3.63) is 35.4 Å². The van der Waals surface area contributed by atoms with Crippen LogP contribution in [0.2, 0.25) is 0 Å². The lowest BCUT2D eigenvalue weighted by Crippen LogP contribution is -2.45. The van der Waals surface area contributed by atoms with E-state index in [1.807, 2.05) is 18.2 Å². The van der Waals surface area contributed by atoms with E-state index < -0.39 is 5.41 Å². The van der Waals surface area contributed by atoms with Crippen LogP contribution in [0.4, 0.5) is 0 Å². The van der Waals surface area contributed by atoms with Gasteiger partial charge in [-0.3, -0.25) is 4.79 Å². The number of benzene rings is 1. The maximum Gasteiger partial charge on any atom is 0.230 e. The summed E-state index contributed by atoms with van der Waals surface area (Å²) in [5, 5.41) is 6.30. The Hall–Kier alpha value is -1.39. The summed E-state index contributed by atoms with van der Waals surface area (Å²) < 4.78 is 5.23. The number of ether oxygens (including phenoxy) is 1. The smallest absolute Gasteiger partial charge is 0.230 e. The molecule has 1 amide bonds. The highest BCUT2D eigenvalue weighted by atomic mass is 16.5. The van der Waals surface area contributed by atoms with E-state index in [9.17, 15) is 4.79 Å². The molecule has 19 heavy (non-hydrogen) atoms. The van der Waals surface area contributed by atoms with Crippen LogP contribution >= 0.6 is 0 Å². The highest BCUT2D eigenvalue weighted by Gasteiger charge is 2.41. The molecular formula is C15H22N2O2. The van der Waals surface area contributed by atoms with Gasteiger partial charge in [0, 0.05) is 20.2 Å². The van der Waals surface area contributed by atoms with E-state index in [0.29, 0.717) is 19.7 Å². The topological polar surface area (TPSA) is 50.4 Å². The van der Waals surface area contributed by atoms with Gasteiger partial charge in [-0.1, -0.05) is 24.3 Å². The number of aryl methyl sites for hydroxylation is 1. The van der Waals surface area contributed by atoms with Crippen molar-refractivity contribution in [3.63, 3.8) is 0 Å². The van der Waals surface area contributed by atoms with Gasteiger partial charge in [0.1, 0.15) is 0 Å². The molecule has 1 aliphatic rings. The standard InChI is InChI=1S/C15H22N2O2/c1-12-5-3-4-6-13(12)9-17-14(18)15(11-19-2)7-8-16-10-15/h3-6,16H,7-11H2,1-2H3,(H,17,18). The predicted octanol–water partition coefficient (Wildman–Crippen LogP) is 1.24. The first-order valence-corrected chi connectivity index (χ1v) is 6.70. The van der Waals surface area contributed by atoms with Crippen LogP contribution < -0.4 is 10.6 Å². The van der Waals surface area contributed by atoms with Crippen LogP contribution in [0.3, 0.4) is 0 Å². The van der Waals surface area contributed by atoms with Crippen LogP contribution in [0, 0.1) is 12.3 Å². The number of hydrogen-bond acceptors (Lipinski definition) is 3. The normalized spacial score (nSPS) is 22.4. The molecule has 1 atom stereocenters. The number of nitrogens with one attached hydrogen (secondary N) is 2. The number of carbonyl (C=O) groups excluding carboxylic acids is 1. The minimum Gasteiger partial charge on any atom is -0.384 e. The van der Waals surface area contributed by atoms with E-state index in [2.05, 4.69) is 23.6 Å². The second-order valence-electron chi connectivity index (χ2n) is 5.25. The first-order valence-electron chi connectivity index (χ1n) is 6.70. The van der Waals surface area contributed by atoms with Crippen molar-refractivity contribution in [3.8, 4) is 0 Å². The van der Waals surface area contributed by atoms with Gasteiger partial charge in [-0.15, -0.1) is 0 Å². The minimum atomic E-state index is -0.405. The fraction of sp³-hybridized carbons (Fsp3) is 0.533. The Morgan fingerprint density at radius 1 is 1.47 bits per heavy atom. The van der Waals surface area contributed by atoms with Crippen LogP contribution in [0.15, 0.2) is 24.3 Å². The average Bonchev–Trinajstić information content (AvgIpc) is 2.88. The Labute approximate surface area is 114 Å². The molecule has 1 heterocycles. The van der Waals surface area contributed by atoms with E-state index in [0.717, 1.165) is 18.5 Å². The molecule has 1 aromatic carbocycles.